The van der Waals surface area contributed by atoms with E-state index in [1.807, 2.05) is 29.3 Å². The van der Waals surface area contributed by atoms with Crippen molar-refractivity contribution in [2.45, 2.75) is 26.2 Å². The molecule has 1 amide bonds. The average Bonchev–Trinajstić information content (AvgIpc) is 2.40. The molecule has 1 aliphatic rings. The first-order valence-electron chi connectivity index (χ1n) is 7.34. The van der Waals surface area contributed by atoms with Crippen molar-refractivity contribution in [3.8, 4) is 0 Å². The number of hydrogen-bond donors (Lipinski definition) is 2. The zero-order valence-corrected chi connectivity index (χ0v) is 13.0. The Kier molecular flexibility index (Phi) is 4.45. The number of piperazine rings is 1. The fraction of sp³-hybridized carbons (Fsp3) is 0.562. The van der Waals surface area contributed by atoms with E-state index in [4.69, 9.17) is 0 Å². The predicted octanol–water partition coefficient (Wildman–Crippen LogP) is 0.459. The van der Waals surface area contributed by atoms with Crippen LogP contribution >= 0.6 is 0 Å². The second-order valence-corrected chi connectivity index (χ2v) is 6.71. The van der Waals surface area contributed by atoms with Crippen molar-refractivity contribution < 1.29 is 9.69 Å². The molecule has 1 aromatic carbocycles. The van der Waals surface area contributed by atoms with Crippen molar-refractivity contribution in [1.82, 2.24) is 10.4 Å². The minimum Gasteiger partial charge on any atom is -0.335 e. The summed E-state index contributed by atoms with van der Waals surface area (Å²) in [7, 11) is 2.18. The van der Waals surface area contributed by atoms with Crippen molar-refractivity contribution in [2.75, 3.05) is 33.2 Å². The van der Waals surface area contributed by atoms with E-state index in [9.17, 15) is 4.79 Å². The van der Waals surface area contributed by atoms with Crippen LogP contribution < -0.4 is 10.3 Å². The minimum atomic E-state index is -0.00925. The highest BCUT2D eigenvalue weighted by atomic mass is 16.2. The van der Waals surface area contributed by atoms with Crippen LogP contribution in [0.3, 0.4) is 0 Å². The van der Waals surface area contributed by atoms with Gasteiger partial charge in [-0.1, -0.05) is 32.9 Å². The summed E-state index contributed by atoms with van der Waals surface area (Å²) >= 11 is 0. The SMILES string of the molecule is C[NH+]1CCN(NC(=O)c2ccc(C(C)(C)C)cc2)CC1. The number of quaternary nitrogens is 1. The number of benzene rings is 1. The Hall–Kier alpha value is -1.39. The standard InChI is InChI=1S/C16H25N3O/c1-16(2,3)14-7-5-13(6-8-14)15(20)17-19-11-9-18(4)10-12-19/h5-8H,9-12H2,1-4H3,(H,17,20)/p+1. The van der Waals surface area contributed by atoms with Gasteiger partial charge >= 0.3 is 0 Å². The zero-order chi connectivity index (χ0) is 14.8. The molecule has 0 aliphatic carbocycles. The van der Waals surface area contributed by atoms with E-state index in [1.54, 1.807) is 0 Å². The molecular weight excluding hydrogens is 250 g/mol. The normalized spacial score (nSPS) is 18.0. The summed E-state index contributed by atoms with van der Waals surface area (Å²) in [5.74, 6) is -0.00925. The number of carbonyl (C=O) groups is 1. The van der Waals surface area contributed by atoms with Gasteiger partial charge in [0.25, 0.3) is 5.91 Å². The van der Waals surface area contributed by atoms with E-state index < -0.39 is 0 Å². The highest BCUT2D eigenvalue weighted by Crippen LogP contribution is 2.22. The molecule has 0 saturated carbocycles. The molecule has 0 radical (unpaired) electrons. The van der Waals surface area contributed by atoms with Gasteiger partial charge in [0, 0.05) is 5.56 Å². The molecule has 0 aromatic heterocycles. The summed E-state index contributed by atoms with van der Waals surface area (Å²) < 4.78 is 0. The highest BCUT2D eigenvalue weighted by Gasteiger charge is 2.19. The lowest BCUT2D eigenvalue weighted by atomic mass is 9.87. The van der Waals surface area contributed by atoms with Crippen LogP contribution in [0, 0.1) is 0 Å². The van der Waals surface area contributed by atoms with Gasteiger partial charge in [0.05, 0.1) is 33.2 Å². The summed E-state index contributed by atoms with van der Waals surface area (Å²) in [5, 5.41) is 2.02. The molecule has 1 saturated heterocycles. The maximum atomic E-state index is 12.2. The van der Waals surface area contributed by atoms with Crippen LogP contribution in [-0.4, -0.2) is 44.1 Å². The molecule has 4 nitrogen and oxygen atoms in total. The maximum Gasteiger partial charge on any atom is 0.265 e. The third kappa shape index (κ3) is 3.81. The van der Waals surface area contributed by atoms with Crippen LogP contribution in [0.5, 0.6) is 0 Å². The summed E-state index contributed by atoms with van der Waals surface area (Å²) in [6, 6.07) is 7.92. The number of carbonyl (C=O) groups excluding carboxylic acids is 1. The van der Waals surface area contributed by atoms with E-state index in [0.29, 0.717) is 0 Å². The lowest BCUT2D eigenvalue weighted by molar-refractivity contribution is -0.884. The van der Waals surface area contributed by atoms with Crippen molar-refractivity contribution in [3.05, 3.63) is 35.4 Å². The van der Waals surface area contributed by atoms with E-state index in [2.05, 4.69) is 33.2 Å². The second kappa shape index (κ2) is 5.94. The van der Waals surface area contributed by atoms with Crippen LogP contribution in [0.1, 0.15) is 36.7 Å². The number of nitrogens with one attached hydrogen (secondary N) is 2. The van der Waals surface area contributed by atoms with E-state index >= 15 is 0 Å². The fourth-order valence-corrected chi connectivity index (χ4v) is 2.33. The molecule has 0 unspecified atom stereocenters. The number of hydrogen-bond acceptors (Lipinski definition) is 2. The molecule has 0 atom stereocenters. The molecule has 0 spiro atoms. The minimum absolute atomic E-state index is 0.00925. The van der Waals surface area contributed by atoms with Crippen molar-refractivity contribution >= 4 is 5.91 Å². The molecule has 1 aromatic rings. The Labute approximate surface area is 121 Å². The summed E-state index contributed by atoms with van der Waals surface area (Å²) in [4.78, 5) is 13.7. The largest absolute Gasteiger partial charge is 0.335 e. The van der Waals surface area contributed by atoms with Gasteiger partial charge in [-0.2, -0.15) is 0 Å². The fourth-order valence-electron chi connectivity index (χ4n) is 2.33. The number of nitrogens with zero attached hydrogens (tertiary/aromatic N) is 1. The Balaban J connectivity index is 1.96. The topological polar surface area (TPSA) is 36.8 Å². The molecule has 2 N–H and O–H groups in total. The number of amides is 1. The predicted molar refractivity (Wildman–Crippen MR) is 80.8 cm³/mol. The zero-order valence-electron chi connectivity index (χ0n) is 13.0. The van der Waals surface area contributed by atoms with Gasteiger partial charge in [0.2, 0.25) is 0 Å². The van der Waals surface area contributed by atoms with Crippen LogP contribution in [0.4, 0.5) is 0 Å². The van der Waals surface area contributed by atoms with Gasteiger partial charge in [-0.05, 0) is 23.1 Å². The molecule has 2 rings (SSSR count). The van der Waals surface area contributed by atoms with Crippen LogP contribution in [0.25, 0.3) is 0 Å². The van der Waals surface area contributed by atoms with Gasteiger partial charge in [0.1, 0.15) is 0 Å². The Morgan fingerprint density at radius 1 is 1.15 bits per heavy atom. The quantitative estimate of drug-likeness (QED) is 0.823. The molecule has 110 valence electrons. The lowest BCUT2D eigenvalue weighted by Crippen LogP contribution is -3.12. The number of rotatable bonds is 2. The highest BCUT2D eigenvalue weighted by molar-refractivity contribution is 5.93. The van der Waals surface area contributed by atoms with Gasteiger partial charge in [-0.3, -0.25) is 10.2 Å². The van der Waals surface area contributed by atoms with Crippen molar-refractivity contribution in [2.24, 2.45) is 0 Å². The average molecular weight is 276 g/mol. The van der Waals surface area contributed by atoms with Crippen molar-refractivity contribution in [1.29, 1.82) is 0 Å². The Morgan fingerprint density at radius 3 is 2.20 bits per heavy atom. The summed E-state index contributed by atoms with van der Waals surface area (Å²) in [5.41, 5.74) is 5.09. The Bertz CT molecular complexity index is 454. The first kappa shape index (κ1) is 15.0. The van der Waals surface area contributed by atoms with Crippen LogP contribution in [-0.2, 0) is 5.41 Å². The smallest absolute Gasteiger partial charge is 0.265 e. The second-order valence-electron chi connectivity index (χ2n) is 6.71. The third-order valence-corrected chi connectivity index (χ3v) is 3.89. The van der Waals surface area contributed by atoms with Crippen molar-refractivity contribution in [3.63, 3.8) is 0 Å². The lowest BCUT2D eigenvalue weighted by Gasteiger charge is -2.30. The van der Waals surface area contributed by atoms with Gasteiger partial charge in [-0.15, -0.1) is 0 Å². The molecule has 1 aliphatic heterocycles. The molecule has 1 heterocycles. The molecule has 20 heavy (non-hydrogen) atoms. The van der Waals surface area contributed by atoms with E-state index in [1.165, 1.54) is 10.5 Å². The van der Waals surface area contributed by atoms with E-state index in [-0.39, 0.29) is 11.3 Å². The maximum absolute atomic E-state index is 12.2. The number of likely N-dealkylation sites (N-methyl/N-ethyl adjacent to an activating group) is 1. The molecule has 4 heteroatoms. The Morgan fingerprint density at radius 2 is 1.70 bits per heavy atom. The first-order valence-corrected chi connectivity index (χ1v) is 7.34. The number of hydrazine groups is 1. The molecular formula is C16H26N3O+. The summed E-state index contributed by atoms with van der Waals surface area (Å²) in [6.07, 6.45) is 0. The van der Waals surface area contributed by atoms with Gasteiger partial charge in [0.15, 0.2) is 0 Å². The van der Waals surface area contributed by atoms with E-state index in [0.717, 1.165) is 31.7 Å². The van der Waals surface area contributed by atoms with Gasteiger partial charge < -0.3 is 4.90 Å². The molecule has 0 bridgehead atoms. The molecule has 1 fully saturated rings. The first-order chi connectivity index (χ1) is 9.36. The van der Waals surface area contributed by atoms with Gasteiger partial charge in [-0.25, -0.2) is 5.01 Å². The van der Waals surface area contributed by atoms with Crippen LogP contribution in [0.2, 0.25) is 0 Å². The third-order valence-electron chi connectivity index (χ3n) is 3.89. The summed E-state index contributed by atoms with van der Waals surface area (Å²) in [6.45, 7) is 10.5. The monoisotopic (exact) mass is 276 g/mol. The van der Waals surface area contributed by atoms with Crippen LogP contribution in [0.15, 0.2) is 24.3 Å².